The molecule has 1 rings (SSSR count). The number of hydrogen-bond acceptors (Lipinski definition) is 3. The molecule has 3 heteroatoms. The van der Waals surface area contributed by atoms with Crippen LogP contribution in [0.4, 0.5) is 5.69 Å². The van der Waals surface area contributed by atoms with Crippen molar-refractivity contribution in [3.63, 3.8) is 0 Å². The zero-order chi connectivity index (χ0) is 10.4. The summed E-state index contributed by atoms with van der Waals surface area (Å²) in [7, 11) is 1.67. The molecule has 0 bridgehead atoms. The first-order valence-electron chi connectivity index (χ1n) is 4.52. The van der Waals surface area contributed by atoms with E-state index in [2.05, 4.69) is 11.4 Å². The van der Waals surface area contributed by atoms with Gasteiger partial charge in [0.15, 0.2) is 0 Å². The van der Waals surface area contributed by atoms with Gasteiger partial charge in [-0.2, -0.15) is 5.26 Å². The minimum atomic E-state index is 0.244. The Bertz CT molecular complexity index is 330. The Morgan fingerprint density at radius 3 is 3.00 bits per heavy atom. The molecule has 0 aromatic heterocycles. The Kier molecular flexibility index (Phi) is 3.96. The van der Waals surface area contributed by atoms with Crippen molar-refractivity contribution in [1.29, 1.82) is 5.26 Å². The smallest absolute Gasteiger partial charge is 0.0992 e. The highest BCUT2D eigenvalue weighted by Crippen LogP contribution is 2.10. The van der Waals surface area contributed by atoms with Gasteiger partial charge in [0.05, 0.1) is 18.2 Å². The molecule has 1 aromatic carbocycles. The number of methoxy groups -OCH3 is 1. The van der Waals surface area contributed by atoms with Crippen LogP contribution in [0.2, 0.25) is 0 Å². The van der Waals surface area contributed by atoms with Gasteiger partial charge in [0.1, 0.15) is 0 Å². The van der Waals surface area contributed by atoms with E-state index in [4.69, 9.17) is 10.00 Å². The maximum atomic E-state index is 8.70. The van der Waals surface area contributed by atoms with Gasteiger partial charge in [0.25, 0.3) is 0 Å². The fourth-order valence-electron chi connectivity index (χ4n) is 1.25. The van der Waals surface area contributed by atoms with E-state index in [9.17, 15) is 0 Å². The molecule has 74 valence electrons. The van der Waals surface area contributed by atoms with Crippen molar-refractivity contribution >= 4 is 5.69 Å². The average molecular weight is 190 g/mol. The largest absolute Gasteiger partial charge is 0.383 e. The Hall–Kier alpha value is -1.53. The summed E-state index contributed by atoms with van der Waals surface area (Å²) < 4.78 is 5.00. The van der Waals surface area contributed by atoms with E-state index < -0.39 is 0 Å². The van der Waals surface area contributed by atoms with Gasteiger partial charge in [-0.3, -0.25) is 0 Å². The molecule has 0 fully saturated rings. The zero-order valence-electron chi connectivity index (χ0n) is 8.45. The topological polar surface area (TPSA) is 45.0 Å². The van der Waals surface area contributed by atoms with Gasteiger partial charge in [-0.05, 0) is 25.1 Å². The van der Waals surface area contributed by atoms with Crippen LogP contribution in [0.5, 0.6) is 0 Å². The summed E-state index contributed by atoms with van der Waals surface area (Å²) >= 11 is 0. The van der Waals surface area contributed by atoms with Gasteiger partial charge in [-0.15, -0.1) is 0 Å². The summed E-state index contributed by atoms with van der Waals surface area (Å²) in [6, 6.07) is 9.75. The maximum Gasteiger partial charge on any atom is 0.0992 e. The third kappa shape index (κ3) is 3.08. The summed E-state index contributed by atoms with van der Waals surface area (Å²) in [5.41, 5.74) is 1.62. The van der Waals surface area contributed by atoms with E-state index >= 15 is 0 Å². The number of anilines is 1. The van der Waals surface area contributed by atoms with Gasteiger partial charge < -0.3 is 10.1 Å². The normalized spacial score (nSPS) is 11.8. The second kappa shape index (κ2) is 5.25. The fraction of sp³-hybridized carbons (Fsp3) is 0.364. The van der Waals surface area contributed by atoms with Gasteiger partial charge in [-0.25, -0.2) is 0 Å². The molecule has 1 aromatic rings. The van der Waals surface area contributed by atoms with Gasteiger partial charge in [0, 0.05) is 18.8 Å². The first-order valence-corrected chi connectivity index (χ1v) is 4.52. The van der Waals surface area contributed by atoms with Crippen LogP contribution in [0.3, 0.4) is 0 Å². The summed E-state index contributed by atoms with van der Waals surface area (Å²) in [4.78, 5) is 0. The van der Waals surface area contributed by atoms with Crippen LogP contribution in [-0.4, -0.2) is 19.8 Å². The van der Waals surface area contributed by atoms with Gasteiger partial charge >= 0.3 is 0 Å². The molecule has 0 saturated heterocycles. The number of nitriles is 1. The zero-order valence-corrected chi connectivity index (χ0v) is 8.45. The standard InChI is InChI=1S/C11H14N2O/c1-9(8-14-2)13-11-5-3-4-10(6-11)7-12/h3-6,9,13H,8H2,1-2H3/t9-/m1/s1. The van der Waals surface area contributed by atoms with E-state index in [1.807, 2.05) is 25.1 Å². The van der Waals surface area contributed by atoms with Crippen LogP contribution in [0.25, 0.3) is 0 Å². The average Bonchev–Trinajstić information content (AvgIpc) is 2.18. The monoisotopic (exact) mass is 190 g/mol. The highest BCUT2D eigenvalue weighted by Gasteiger charge is 2.01. The van der Waals surface area contributed by atoms with E-state index in [1.165, 1.54) is 0 Å². The lowest BCUT2D eigenvalue weighted by molar-refractivity contribution is 0.190. The quantitative estimate of drug-likeness (QED) is 0.789. The number of benzene rings is 1. The molecule has 0 unspecified atom stereocenters. The second-order valence-electron chi connectivity index (χ2n) is 3.19. The number of rotatable bonds is 4. The van der Waals surface area contributed by atoms with Crippen molar-refractivity contribution in [1.82, 2.24) is 0 Å². The molecule has 0 aliphatic heterocycles. The van der Waals surface area contributed by atoms with Gasteiger partial charge in [0.2, 0.25) is 0 Å². The number of hydrogen-bond donors (Lipinski definition) is 1. The van der Waals surface area contributed by atoms with E-state index in [0.29, 0.717) is 12.2 Å². The molecule has 0 amide bonds. The van der Waals surface area contributed by atoms with Crippen molar-refractivity contribution in [2.45, 2.75) is 13.0 Å². The highest BCUT2D eigenvalue weighted by molar-refractivity contribution is 5.49. The van der Waals surface area contributed by atoms with Crippen molar-refractivity contribution in [2.75, 3.05) is 19.0 Å². The molecule has 14 heavy (non-hydrogen) atoms. The van der Waals surface area contributed by atoms with Crippen LogP contribution in [0.15, 0.2) is 24.3 Å². The molecule has 0 aliphatic carbocycles. The van der Waals surface area contributed by atoms with E-state index in [0.717, 1.165) is 5.69 Å². The van der Waals surface area contributed by atoms with E-state index in [-0.39, 0.29) is 6.04 Å². The van der Waals surface area contributed by atoms with Crippen molar-refractivity contribution in [2.24, 2.45) is 0 Å². The van der Waals surface area contributed by atoms with Crippen LogP contribution < -0.4 is 5.32 Å². The van der Waals surface area contributed by atoms with Crippen LogP contribution in [0, 0.1) is 11.3 Å². The van der Waals surface area contributed by atoms with Crippen molar-refractivity contribution < 1.29 is 4.74 Å². The van der Waals surface area contributed by atoms with E-state index in [1.54, 1.807) is 13.2 Å². The van der Waals surface area contributed by atoms with Crippen LogP contribution in [0.1, 0.15) is 12.5 Å². The second-order valence-corrected chi connectivity index (χ2v) is 3.19. The first kappa shape index (κ1) is 10.6. The predicted molar refractivity (Wildman–Crippen MR) is 56.1 cm³/mol. The van der Waals surface area contributed by atoms with Crippen molar-refractivity contribution in [3.8, 4) is 6.07 Å². The predicted octanol–water partition coefficient (Wildman–Crippen LogP) is 2.01. The Balaban J connectivity index is 2.63. The minimum absolute atomic E-state index is 0.244. The molecular weight excluding hydrogens is 176 g/mol. The lowest BCUT2D eigenvalue weighted by Crippen LogP contribution is -2.20. The molecule has 3 nitrogen and oxygen atoms in total. The SMILES string of the molecule is COC[C@@H](C)Nc1cccc(C#N)c1. The van der Waals surface area contributed by atoms with Crippen LogP contribution >= 0.6 is 0 Å². The number of ether oxygens (including phenoxy) is 1. The lowest BCUT2D eigenvalue weighted by atomic mass is 10.2. The molecule has 0 saturated carbocycles. The molecule has 0 radical (unpaired) electrons. The molecule has 1 N–H and O–H groups in total. The maximum absolute atomic E-state index is 8.70. The molecule has 0 heterocycles. The summed E-state index contributed by atoms with van der Waals surface area (Å²) in [5.74, 6) is 0. The Morgan fingerprint density at radius 2 is 2.36 bits per heavy atom. The molecular formula is C11H14N2O. The Morgan fingerprint density at radius 1 is 1.57 bits per heavy atom. The summed E-state index contributed by atoms with van der Waals surface area (Å²) in [5, 5.41) is 11.9. The summed E-state index contributed by atoms with van der Waals surface area (Å²) in [6.45, 7) is 2.68. The molecule has 1 atom stereocenters. The lowest BCUT2D eigenvalue weighted by Gasteiger charge is -2.13. The fourth-order valence-corrected chi connectivity index (χ4v) is 1.25. The first-order chi connectivity index (χ1) is 6.76. The Labute approximate surface area is 84.3 Å². The van der Waals surface area contributed by atoms with Gasteiger partial charge in [-0.1, -0.05) is 6.07 Å². The number of nitrogens with zero attached hydrogens (tertiary/aromatic N) is 1. The third-order valence-electron chi connectivity index (χ3n) is 1.82. The molecule has 0 aliphatic rings. The highest BCUT2D eigenvalue weighted by atomic mass is 16.5. The summed E-state index contributed by atoms with van der Waals surface area (Å²) in [6.07, 6.45) is 0. The van der Waals surface area contributed by atoms with Crippen molar-refractivity contribution in [3.05, 3.63) is 29.8 Å². The minimum Gasteiger partial charge on any atom is -0.383 e. The number of nitrogens with one attached hydrogen (secondary N) is 1. The third-order valence-corrected chi connectivity index (χ3v) is 1.82. The molecule has 0 spiro atoms. The van der Waals surface area contributed by atoms with Crippen LogP contribution in [-0.2, 0) is 4.74 Å².